The number of rotatable bonds is 5. The van der Waals surface area contributed by atoms with Crippen LogP contribution in [-0.2, 0) is 6.54 Å². The van der Waals surface area contributed by atoms with Gasteiger partial charge in [-0.05, 0) is 36.4 Å². The van der Waals surface area contributed by atoms with Crippen molar-refractivity contribution in [3.8, 4) is 22.9 Å². The lowest BCUT2D eigenvalue weighted by atomic mass is 10.2. The van der Waals surface area contributed by atoms with Crippen molar-refractivity contribution in [2.24, 2.45) is 0 Å². The highest BCUT2D eigenvalue weighted by Gasteiger charge is 2.16. The lowest BCUT2D eigenvalue weighted by Gasteiger charge is -2.06. The maximum Gasteiger partial charge on any atom is 0.251 e. The number of amides is 1. The molecule has 0 fully saturated rings. The summed E-state index contributed by atoms with van der Waals surface area (Å²) in [4.78, 5) is 16.5. The second-order valence-corrected chi connectivity index (χ2v) is 5.50. The Balaban J connectivity index is 1.33. The van der Waals surface area contributed by atoms with Gasteiger partial charge in [-0.2, -0.15) is 5.10 Å². The normalized spacial score (nSPS) is 12.2. The van der Waals surface area contributed by atoms with Gasteiger partial charge in [0, 0.05) is 24.5 Å². The SMILES string of the molecule is O=C(NCCn1ccc(-c2ccccn2)n1)c1ccc2c(c1)OCO2. The number of nitrogens with one attached hydrogen (secondary N) is 1. The molecule has 4 rings (SSSR count). The van der Waals surface area contributed by atoms with Crippen molar-refractivity contribution in [3.63, 3.8) is 0 Å². The van der Waals surface area contributed by atoms with Crippen LogP contribution in [0, 0.1) is 0 Å². The van der Waals surface area contributed by atoms with Gasteiger partial charge in [-0.15, -0.1) is 0 Å². The van der Waals surface area contributed by atoms with E-state index >= 15 is 0 Å². The molecule has 0 spiro atoms. The second-order valence-electron chi connectivity index (χ2n) is 5.50. The molecule has 2 aromatic heterocycles. The average molecular weight is 336 g/mol. The molecule has 1 N–H and O–H groups in total. The average Bonchev–Trinajstić information content (AvgIpc) is 3.31. The predicted molar refractivity (Wildman–Crippen MR) is 90.4 cm³/mol. The number of hydrogen-bond acceptors (Lipinski definition) is 5. The van der Waals surface area contributed by atoms with Crippen molar-refractivity contribution in [2.45, 2.75) is 6.54 Å². The maximum atomic E-state index is 12.2. The first-order valence-electron chi connectivity index (χ1n) is 7.92. The fourth-order valence-electron chi connectivity index (χ4n) is 2.56. The summed E-state index contributed by atoms with van der Waals surface area (Å²) in [5.41, 5.74) is 2.17. The molecule has 7 nitrogen and oxygen atoms in total. The summed E-state index contributed by atoms with van der Waals surface area (Å²) in [6.45, 7) is 1.23. The Morgan fingerprint density at radius 2 is 2.04 bits per heavy atom. The van der Waals surface area contributed by atoms with E-state index < -0.39 is 0 Å². The molecule has 1 amide bonds. The van der Waals surface area contributed by atoms with E-state index in [1.807, 2.05) is 30.5 Å². The van der Waals surface area contributed by atoms with Crippen molar-refractivity contribution in [1.82, 2.24) is 20.1 Å². The molecular formula is C18H16N4O3. The van der Waals surface area contributed by atoms with Crippen molar-refractivity contribution in [1.29, 1.82) is 0 Å². The van der Waals surface area contributed by atoms with E-state index in [1.165, 1.54) is 0 Å². The molecule has 0 bridgehead atoms. The molecule has 1 aliphatic rings. The molecule has 1 aliphatic heterocycles. The summed E-state index contributed by atoms with van der Waals surface area (Å²) in [5.74, 6) is 1.10. The Labute approximate surface area is 144 Å². The van der Waals surface area contributed by atoms with Gasteiger partial charge >= 0.3 is 0 Å². The first-order chi connectivity index (χ1) is 12.3. The Bertz CT molecular complexity index is 892. The number of carbonyl (C=O) groups is 1. The molecule has 0 atom stereocenters. The predicted octanol–water partition coefficient (Wildman–Crippen LogP) is 2.10. The van der Waals surface area contributed by atoms with Crippen LogP contribution in [0.4, 0.5) is 0 Å². The van der Waals surface area contributed by atoms with Crippen LogP contribution in [-0.4, -0.2) is 34.0 Å². The second kappa shape index (κ2) is 6.64. The number of aromatic nitrogens is 3. The van der Waals surface area contributed by atoms with E-state index in [-0.39, 0.29) is 12.7 Å². The molecule has 0 radical (unpaired) electrons. The lowest BCUT2D eigenvalue weighted by molar-refractivity contribution is 0.0951. The lowest BCUT2D eigenvalue weighted by Crippen LogP contribution is -2.27. The molecule has 126 valence electrons. The Hall–Kier alpha value is -3.35. The zero-order chi connectivity index (χ0) is 17.1. The smallest absolute Gasteiger partial charge is 0.251 e. The van der Waals surface area contributed by atoms with Crippen LogP contribution in [0.25, 0.3) is 11.4 Å². The van der Waals surface area contributed by atoms with Gasteiger partial charge in [-0.3, -0.25) is 14.5 Å². The first-order valence-corrected chi connectivity index (χ1v) is 7.92. The van der Waals surface area contributed by atoms with Crippen LogP contribution < -0.4 is 14.8 Å². The standard InChI is InChI=1S/C18H16N4O3/c23-18(13-4-5-16-17(11-13)25-12-24-16)20-8-10-22-9-6-15(21-22)14-3-1-2-7-19-14/h1-7,9,11H,8,10,12H2,(H,20,23). The zero-order valence-corrected chi connectivity index (χ0v) is 13.4. The topological polar surface area (TPSA) is 78.3 Å². The van der Waals surface area contributed by atoms with E-state index in [1.54, 1.807) is 29.1 Å². The third-order valence-corrected chi connectivity index (χ3v) is 3.83. The number of hydrogen-bond donors (Lipinski definition) is 1. The van der Waals surface area contributed by atoms with Gasteiger partial charge in [-0.25, -0.2) is 0 Å². The summed E-state index contributed by atoms with van der Waals surface area (Å²) in [7, 11) is 0. The van der Waals surface area contributed by atoms with Crippen molar-refractivity contribution < 1.29 is 14.3 Å². The highest BCUT2D eigenvalue weighted by atomic mass is 16.7. The van der Waals surface area contributed by atoms with Crippen LogP contribution in [0.2, 0.25) is 0 Å². The molecule has 3 heterocycles. The number of ether oxygens (including phenoxy) is 2. The molecule has 7 heteroatoms. The van der Waals surface area contributed by atoms with E-state index in [0.29, 0.717) is 30.2 Å². The minimum Gasteiger partial charge on any atom is -0.454 e. The van der Waals surface area contributed by atoms with E-state index in [9.17, 15) is 4.79 Å². The number of benzene rings is 1. The molecule has 0 unspecified atom stereocenters. The van der Waals surface area contributed by atoms with Gasteiger partial charge in [0.1, 0.15) is 5.69 Å². The third kappa shape index (κ3) is 3.30. The Kier molecular flexibility index (Phi) is 4.04. The number of nitrogens with zero attached hydrogens (tertiary/aromatic N) is 3. The molecule has 0 saturated heterocycles. The fourth-order valence-corrected chi connectivity index (χ4v) is 2.56. The minimum absolute atomic E-state index is 0.157. The van der Waals surface area contributed by atoms with E-state index in [0.717, 1.165) is 11.4 Å². The molecule has 25 heavy (non-hydrogen) atoms. The van der Waals surface area contributed by atoms with Crippen molar-refractivity contribution in [2.75, 3.05) is 13.3 Å². The molecule has 3 aromatic rings. The molecule has 0 aliphatic carbocycles. The quantitative estimate of drug-likeness (QED) is 0.772. The van der Waals surface area contributed by atoms with Crippen LogP contribution >= 0.6 is 0 Å². The number of pyridine rings is 1. The summed E-state index contributed by atoms with van der Waals surface area (Å²) < 4.78 is 12.3. The Morgan fingerprint density at radius 1 is 1.12 bits per heavy atom. The van der Waals surface area contributed by atoms with Gasteiger partial charge in [0.2, 0.25) is 6.79 Å². The number of fused-ring (bicyclic) bond motifs is 1. The monoisotopic (exact) mass is 336 g/mol. The summed E-state index contributed by atoms with van der Waals surface area (Å²) >= 11 is 0. The zero-order valence-electron chi connectivity index (χ0n) is 13.4. The molecule has 0 saturated carbocycles. The number of carbonyl (C=O) groups excluding carboxylic acids is 1. The highest BCUT2D eigenvalue weighted by Crippen LogP contribution is 2.32. The Morgan fingerprint density at radius 3 is 2.92 bits per heavy atom. The van der Waals surface area contributed by atoms with Gasteiger partial charge in [0.25, 0.3) is 5.91 Å². The van der Waals surface area contributed by atoms with Gasteiger partial charge in [-0.1, -0.05) is 6.07 Å². The largest absolute Gasteiger partial charge is 0.454 e. The maximum absolute atomic E-state index is 12.2. The van der Waals surface area contributed by atoms with Crippen LogP contribution in [0.5, 0.6) is 11.5 Å². The van der Waals surface area contributed by atoms with Crippen LogP contribution in [0.1, 0.15) is 10.4 Å². The highest BCUT2D eigenvalue weighted by molar-refractivity contribution is 5.94. The molecular weight excluding hydrogens is 320 g/mol. The summed E-state index contributed by atoms with van der Waals surface area (Å²) in [6, 6.07) is 12.7. The van der Waals surface area contributed by atoms with E-state index in [4.69, 9.17) is 9.47 Å². The van der Waals surface area contributed by atoms with Crippen LogP contribution in [0.15, 0.2) is 54.9 Å². The van der Waals surface area contributed by atoms with Crippen molar-refractivity contribution in [3.05, 3.63) is 60.4 Å². The summed E-state index contributed by atoms with van der Waals surface area (Å²) in [5, 5.41) is 7.34. The first kappa shape index (κ1) is 15.2. The van der Waals surface area contributed by atoms with Gasteiger partial charge in [0.15, 0.2) is 11.5 Å². The minimum atomic E-state index is -0.157. The van der Waals surface area contributed by atoms with Crippen molar-refractivity contribution >= 4 is 5.91 Å². The van der Waals surface area contributed by atoms with Gasteiger partial charge < -0.3 is 14.8 Å². The summed E-state index contributed by atoms with van der Waals surface area (Å²) in [6.07, 6.45) is 3.61. The van der Waals surface area contributed by atoms with Gasteiger partial charge in [0.05, 0.1) is 12.2 Å². The fraction of sp³-hybridized carbons (Fsp3) is 0.167. The third-order valence-electron chi connectivity index (χ3n) is 3.83. The van der Waals surface area contributed by atoms with Crippen LogP contribution in [0.3, 0.4) is 0 Å². The molecule has 1 aromatic carbocycles. The van der Waals surface area contributed by atoms with E-state index in [2.05, 4.69) is 15.4 Å².